The zero-order valence-electron chi connectivity index (χ0n) is 8.82. The van der Waals surface area contributed by atoms with Crippen LogP contribution in [0.25, 0.3) is 0 Å². The molecule has 0 saturated carbocycles. The molecule has 0 bridgehead atoms. The molecule has 15 heavy (non-hydrogen) atoms. The molecule has 0 fully saturated rings. The van der Waals surface area contributed by atoms with E-state index in [-0.39, 0.29) is 13.4 Å². The predicted octanol–water partition coefficient (Wildman–Crippen LogP) is 1.56. The summed E-state index contributed by atoms with van der Waals surface area (Å²) in [5.74, 6) is 2.08. The van der Waals surface area contributed by atoms with E-state index >= 15 is 0 Å². The fourth-order valence-corrected chi connectivity index (χ4v) is 1.23. The van der Waals surface area contributed by atoms with E-state index in [0.717, 1.165) is 5.75 Å². The summed E-state index contributed by atoms with van der Waals surface area (Å²) in [7, 11) is 0. The topological polar surface area (TPSA) is 47.9 Å². The van der Waals surface area contributed by atoms with Gasteiger partial charge in [-0.05, 0) is 26.0 Å². The van der Waals surface area contributed by atoms with Crippen molar-refractivity contribution in [1.82, 2.24) is 0 Å². The predicted molar refractivity (Wildman–Crippen MR) is 54.4 cm³/mol. The minimum Gasteiger partial charge on any atom is -0.490 e. The molecular weight excluding hydrogens is 196 g/mol. The van der Waals surface area contributed by atoms with Gasteiger partial charge >= 0.3 is 0 Å². The highest BCUT2D eigenvalue weighted by atomic mass is 16.7. The maximum absolute atomic E-state index is 9.49. The van der Waals surface area contributed by atoms with Crippen molar-refractivity contribution >= 4 is 0 Å². The molecule has 0 saturated heterocycles. The molecule has 0 aromatic heterocycles. The van der Waals surface area contributed by atoms with E-state index in [1.807, 2.05) is 0 Å². The van der Waals surface area contributed by atoms with E-state index in [2.05, 4.69) is 0 Å². The summed E-state index contributed by atoms with van der Waals surface area (Å²) in [6.07, 6.45) is 0. The number of ether oxygens (including phenoxy) is 3. The molecule has 0 atom stereocenters. The van der Waals surface area contributed by atoms with Gasteiger partial charge in [-0.15, -0.1) is 0 Å². The van der Waals surface area contributed by atoms with Gasteiger partial charge in [-0.2, -0.15) is 0 Å². The summed E-state index contributed by atoms with van der Waals surface area (Å²) < 4.78 is 15.8. The molecule has 0 spiro atoms. The normalized spacial score (nSPS) is 14.1. The number of rotatable bonds is 3. The molecule has 4 heteroatoms. The molecule has 82 valence electrons. The fraction of sp³-hybridized carbons (Fsp3) is 0.455. The first kappa shape index (κ1) is 10.1. The van der Waals surface area contributed by atoms with Crippen molar-refractivity contribution in [2.24, 2.45) is 0 Å². The van der Waals surface area contributed by atoms with Crippen LogP contribution in [0.3, 0.4) is 0 Å². The highest BCUT2D eigenvalue weighted by Crippen LogP contribution is 2.35. The van der Waals surface area contributed by atoms with Gasteiger partial charge in [-0.1, -0.05) is 0 Å². The molecular formula is C11H14O4. The van der Waals surface area contributed by atoms with Crippen LogP contribution in [0.2, 0.25) is 0 Å². The Morgan fingerprint density at radius 1 is 1.33 bits per heavy atom. The van der Waals surface area contributed by atoms with Gasteiger partial charge in [-0.3, -0.25) is 0 Å². The molecule has 0 unspecified atom stereocenters. The van der Waals surface area contributed by atoms with E-state index in [9.17, 15) is 5.11 Å². The summed E-state index contributed by atoms with van der Waals surface area (Å²) >= 11 is 0. The SMILES string of the molecule is CC(C)(O)COc1ccc2c(c1)OCO2. The van der Waals surface area contributed by atoms with E-state index in [4.69, 9.17) is 14.2 Å². The molecule has 0 amide bonds. The number of fused-ring (bicyclic) bond motifs is 1. The van der Waals surface area contributed by atoms with Crippen molar-refractivity contribution < 1.29 is 19.3 Å². The van der Waals surface area contributed by atoms with Crippen LogP contribution in [0.15, 0.2) is 18.2 Å². The summed E-state index contributed by atoms with van der Waals surface area (Å²) in [5, 5.41) is 9.49. The van der Waals surface area contributed by atoms with Gasteiger partial charge < -0.3 is 19.3 Å². The lowest BCUT2D eigenvalue weighted by molar-refractivity contribution is 0.0284. The minimum absolute atomic E-state index is 0.243. The van der Waals surface area contributed by atoms with Crippen LogP contribution >= 0.6 is 0 Å². The second kappa shape index (κ2) is 3.62. The third kappa shape index (κ3) is 2.53. The second-order valence-electron chi connectivity index (χ2n) is 4.12. The lowest BCUT2D eigenvalue weighted by Gasteiger charge is -2.17. The summed E-state index contributed by atoms with van der Waals surface area (Å²) in [4.78, 5) is 0. The van der Waals surface area contributed by atoms with Crippen molar-refractivity contribution in [3.8, 4) is 17.2 Å². The third-order valence-corrected chi connectivity index (χ3v) is 1.94. The zero-order valence-corrected chi connectivity index (χ0v) is 8.82. The van der Waals surface area contributed by atoms with Crippen molar-refractivity contribution in [2.75, 3.05) is 13.4 Å². The maximum Gasteiger partial charge on any atom is 0.231 e. The first-order chi connectivity index (χ1) is 7.04. The summed E-state index contributed by atoms with van der Waals surface area (Å²) in [6, 6.07) is 5.34. The Morgan fingerprint density at radius 2 is 2.07 bits per heavy atom. The summed E-state index contributed by atoms with van der Waals surface area (Å²) in [5.41, 5.74) is -0.837. The van der Waals surface area contributed by atoms with Gasteiger partial charge in [0.05, 0.1) is 5.60 Å². The Labute approximate surface area is 88.4 Å². The number of aliphatic hydroxyl groups is 1. The fourth-order valence-electron chi connectivity index (χ4n) is 1.23. The average Bonchev–Trinajstić information content (AvgIpc) is 2.60. The number of benzene rings is 1. The van der Waals surface area contributed by atoms with Crippen LogP contribution in [0.4, 0.5) is 0 Å². The van der Waals surface area contributed by atoms with Crippen molar-refractivity contribution in [2.45, 2.75) is 19.4 Å². The van der Waals surface area contributed by atoms with Gasteiger partial charge in [0.1, 0.15) is 12.4 Å². The first-order valence-electron chi connectivity index (χ1n) is 4.79. The molecule has 1 heterocycles. The minimum atomic E-state index is -0.837. The van der Waals surface area contributed by atoms with E-state index in [0.29, 0.717) is 11.5 Å². The molecule has 2 rings (SSSR count). The van der Waals surface area contributed by atoms with Crippen molar-refractivity contribution in [1.29, 1.82) is 0 Å². The Bertz CT molecular complexity index is 354. The monoisotopic (exact) mass is 210 g/mol. The van der Waals surface area contributed by atoms with Gasteiger partial charge in [0, 0.05) is 6.07 Å². The highest BCUT2D eigenvalue weighted by Gasteiger charge is 2.16. The zero-order chi connectivity index (χ0) is 10.9. The van der Waals surface area contributed by atoms with Crippen LogP contribution in [-0.4, -0.2) is 24.1 Å². The molecule has 1 aromatic carbocycles. The lowest BCUT2D eigenvalue weighted by Crippen LogP contribution is -2.27. The quantitative estimate of drug-likeness (QED) is 0.822. The second-order valence-corrected chi connectivity index (χ2v) is 4.12. The Kier molecular flexibility index (Phi) is 2.44. The van der Waals surface area contributed by atoms with Crippen molar-refractivity contribution in [3.05, 3.63) is 18.2 Å². The molecule has 1 aliphatic rings. The highest BCUT2D eigenvalue weighted by molar-refractivity contribution is 5.46. The van der Waals surface area contributed by atoms with Crippen LogP contribution in [0.1, 0.15) is 13.8 Å². The Hall–Kier alpha value is -1.42. The molecule has 1 aromatic rings. The van der Waals surface area contributed by atoms with Gasteiger partial charge in [0.2, 0.25) is 6.79 Å². The van der Waals surface area contributed by atoms with Gasteiger partial charge in [0.15, 0.2) is 11.5 Å². The van der Waals surface area contributed by atoms with E-state index in [1.165, 1.54) is 0 Å². The number of hydrogen-bond donors (Lipinski definition) is 1. The molecule has 0 aliphatic carbocycles. The molecule has 1 N–H and O–H groups in total. The van der Waals surface area contributed by atoms with Crippen LogP contribution in [-0.2, 0) is 0 Å². The van der Waals surface area contributed by atoms with E-state index < -0.39 is 5.60 Å². The van der Waals surface area contributed by atoms with E-state index in [1.54, 1.807) is 32.0 Å². The Balaban J connectivity index is 2.04. The Morgan fingerprint density at radius 3 is 2.80 bits per heavy atom. The van der Waals surface area contributed by atoms with Crippen LogP contribution < -0.4 is 14.2 Å². The number of hydrogen-bond acceptors (Lipinski definition) is 4. The molecule has 0 radical (unpaired) electrons. The van der Waals surface area contributed by atoms with Gasteiger partial charge in [-0.25, -0.2) is 0 Å². The summed E-state index contributed by atoms with van der Waals surface area (Å²) in [6.45, 7) is 3.89. The first-order valence-corrected chi connectivity index (χ1v) is 4.79. The largest absolute Gasteiger partial charge is 0.490 e. The molecule has 1 aliphatic heterocycles. The van der Waals surface area contributed by atoms with Gasteiger partial charge in [0.25, 0.3) is 0 Å². The van der Waals surface area contributed by atoms with Crippen LogP contribution in [0, 0.1) is 0 Å². The smallest absolute Gasteiger partial charge is 0.231 e. The lowest BCUT2D eigenvalue weighted by atomic mass is 10.2. The average molecular weight is 210 g/mol. The molecule has 4 nitrogen and oxygen atoms in total. The maximum atomic E-state index is 9.49. The standard InChI is InChI=1S/C11H14O4/c1-11(2,12)6-13-8-3-4-9-10(5-8)15-7-14-9/h3-5,12H,6-7H2,1-2H3. The van der Waals surface area contributed by atoms with Crippen LogP contribution in [0.5, 0.6) is 17.2 Å². The third-order valence-electron chi connectivity index (χ3n) is 1.94. The van der Waals surface area contributed by atoms with Crippen molar-refractivity contribution in [3.63, 3.8) is 0 Å².